The Kier molecular flexibility index (Phi) is 5.15. The number of phenolic OH excluding ortho intramolecular Hbond substituents is 1. The lowest BCUT2D eigenvalue weighted by Crippen LogP contribution is -2.53. The Morgan fingerprint density at radius 2 is 1.89 bits per heavy atom. The van der Waals surface area contributed by atoms with E-state index >= 15 is 0 Å². The molecule has 0 saturated carbocycles. The number of carbonyl (C=O) groups is 1. The number of pyridine rings is 1. The van der Waals surface area contributed by atoms with Gasteiger partial charge in [0.05, 0.1) is 11.1 Å². The first-order chi connectivity index (χ1) is 13.1. The molecule has 27 heavy (non-hydrogen) atoms. The van der Waals surface area contributed by atoms with Crippen LogP contribution in [0.3, 0.4) is 0 Å². The zero-order valence-electron chi connectivity index (χ0n) is 14.8. The number of nitrogens with one attached hydrogen (secondary N) is 2. The second-order valence-corrected chi connectivity index (χ2v) is 7.22. The number of rotatable bonds is 3. The van der Waals surface area contributed by atoms with Crippen LogP contribution in [0.4, 0.5) is 5.82 Å². The Labute approximate surface area is 162 Å². The van der Waals surface area contributed by atoms with Crippen molar-refractivity contribution in [1.82, 2.24) is 20.7 Å². The quantitative estimate of drug-likeness (QED) is 0.743. The highest BCUT2D eigenvalue weighted by molar-refractivity contribution is 6.32. The van der Waals surface area contributed by atoms with Crippen LogP contribution in [0, 0.1) is 0 Å². The summed E-state index contributed by atoms with van der Waals surface area (Å²) in [4.78, 5) is 21.2. The molecule has 2 saturated heterocycles. The molecule has 2 aliphatic heterocycles. The molecule has 1 aromatic heterocycles. The van der Waals surface area contributed by atoms with Gasteiger partial charge in [0.2, 0.25) is 5.91 Å². The number of para-hydroxylation sites is 1. The summed E-state index contributed by atoms with van der Waals surface area (Å²) >= 11 is 6.22. The number of hydrazine groups is 1. The normalized spacial score (nSPS) is 22.9. The van der Waals surface area contributed by atoms with Crippen LogP contribution in [0.1, 0.15) is 18.0 Å². The van der Waals surface area contributed by atoms with Crippen LogP contribution in [0.5, 0.6) is 5.75 Å². The molecule has 2 unspecified atom stereocenters. The van der Waals surface area contributed by atoms with E-state index in [-0.39, 0.29) is 23.7 Å². The van der Waals surface area contributed by atoms with Crippen molar-refractivity contribution in [3.05, 3.63) is 53.2 Å². The highest BCUT2D eigenvalue weighted by atomic mass is 35.5. The van der Waals surface area contributed by atoms with Crippen LogP contribution >= 0.6 is 11.6 Å². The molecule has 142 valence electrons. The van der Waals surface area contributed by atoms with Gasteiger partial charge in [0.1, 0.15) is 17.6 Å². The second kappa shape index (κ2) is 7.72. The number of nitrogens with zero attached hydrogens (tertiary/aromatic N) is 3. The Bertz CT molecular complexity index is 825. The van der Waals surface area contributed by atoms with Gasteiger partial charge < -0.3 is 14.9 Å². The van der Waals surface area contributed by atoms with Gasteiger partial charge >= 0.3 is 0 Å². The minimum Gasteiger partial charge on any atom is -0.508 e. The molecule has 1 amide bonds. The average Bonchev–Trinajstić information content (AvgIpc) is 3.18. The van der Waals surface area contributed by atoms with Gasteiger partial charge in [-0.25, -0.2) is 15.8 Å². The summed E-state index contributed by atoms with van der Waals surface area (Å²) in [6.45, 7) is 2.66. The van der Waals surface area contributed by atoms with Crippen LogP contribution in [0.25, 0.3) is 0 Å². The van der Waals surface area contributed by atoms with Gasteiger partial charge in [-0.2, -0.15) is 0 Å². The fourth-order valence-corrected chi connectivity index (χ4v) is 3.91. The van der Waals surface area contributed by atoms with Crippen molar-refractivity contribution < 1.29 is 9.90 Å². The number of hydrogen-bond acceptors (Lipinski definition) is 6. The largest absolute Gasteiger partial charge is 0.508 e. The van der Waals surface area contributed by atoms with E-state index in [9.17, 15) is 9.90 Å². The molecule has 0 aliphatic carbocycles. The average molecular weight is 388 g/mol. The van der Waals surface area contributed by atoms with Crippen molar-refractivity contribution in [1.29, 1.82) is 0 Å². The number of piperazine rings is 1. The summed E-state index contributed by atoms with van der Waals surface area (Å²) in [7, 11) is 0. The number of hydrogen-bond donors (Lipinski definition) is 3. The molecular formula is C19H22ClN5O2. The Morgan fingerprint density at radius 3 is 2.63 bits per heavy atom. The van der Waals surface area contributed by atoms with Crippen molar-refractivity contribution in [2.24, 2.45) is 0 Å². The van der Waals surface area contributed by atoms with E-state index in [1.54, 1.807) is 18.3 Å². The first-order valence-corrected chi connectivity index (χ1v) is 9.44. The molecule has 2 aliphatic rings. The molecule has 8 heteroatoms. The molecule has 4 rings (SSSR count). The lowest BCUT2D eigenvalue weighted by molar-refractivity contribution is -0.133. The number of benzene rings is 1. The van der Waals surface area contributed by atoms with E-state index in [2.05, 4.69) is 20.7 Å². The molecule has 2 aromatic rings. The Hall–Kier alpha value is -2.35. The first-order valence-electron chi connectivity index (χ1n) is 9.06. The lowest BCUT2D eigenvalue weighted by Gasteiger charge is -2.36. The highest BCUT2D eigenvalue weighted by Crippen LogP contribution is 2.30. The first kappa shape index (κ1) is 18.0. The Balaban J connectivity index is 1.35. The fraction of sp³-hybridized carbons (Fsp3) is 0.368. The number of phenols is 1. The van der Waals surface area contributed by atoms with Crippen LogP contribution in [0.15, 0.2) is 42.6 Å². The van der Waals surface area contributed by atoms with Crippen LogP contribution in [-0.2, 0) is 4.79 Å². The minimum atomic E-state index is -0.306. The highest BCUT2D eigenvalue weighted by Gasteiger charge is 2.35. The molecule has 3 N–H and O–H groups in total. The summed E-state index contributed by atoms with van der Waals surface area (Å²) < 4.78 is 0. The topological polar surface area (TPSA) is 80.7 Å². The van der Waals surface area contributed by atoms with Crippen molar-refractivity contribution in [3.8, 4) is 5.75 Å². The van der Waals surface area contributed by atoms with E-state index in [4.69, 9.17) is 11.6 Å². The van der Waals surface area contributed by atoms with Gasteiger partial charge in [-0.1, -0.05) is 29.8 Å². The fourth-order valence-electron chi connectivity index (χ4n) is 3.67. The van der Waals surface area contributed by atoms with Crippen LogP contribution in [0.2, 0.25) is 5.02 Å². The summed E-state index contributed by atoms with van der Waals surface area (Å²) in [5, 5.41) is 10.6. The molecule has 0 spiro atoms. The molecule has 2 fully saturated rings. The third-order valence-corrected chi connectivity index (χ3v) is 5.44. The van der Waals surface area contributed by atoms with Gasteiger partial charge in [0, 0.05) is 37.9 Å². The predicted octanol–water partition coefficient (Wildman–Crippen LogP) is 1.70. The van der Waals surface area contributed by atoms with Crippen molar-refractivity contribution in [2.45, 2.75) is 18.5 Å². The third-order valence-electron chi connectivity index (χ3n) is 5.14. The van der Waals surface area contributed by atoms with E-state index < -0.39 is 0 Å². The maximum Gasteiger partial charge on any atom is 0.241 e. The molecule has 7 nitrogen and oxygen atoms in total. The minimum absolute atomic E-state index is 0.0761. The van der Waals surface area contributed by atoms with Crippen LogP contribution < -0.4 is 15.8 Å². The van der Waals surface area contributed by atoms with Gasteiger partial charge in [0.25, 0.3) is 0 Å². The number of aromatic nitrogens is 1. The van der Waals surface area contributed by atoms with Crippen LogP contribution in [-0.4, -0.2) is 53.1 Å². The van der Waals surface area contributed by atoms with Crippen molar-refractivity contribution >= 4 is 23.3 Å². The number of carbonyl (C=O) groups excluding carboxylic acids is 1. The SMILES string of the molecule is O=C(C1CC(c2ccccc2O)NN1)N1CCN(c2ncccc2Cl)CC1. The lowest BCUT2D eigenvalue weighted by atomic mass is 10.0. The standard InChI is InChI=1S/C19H22ClN5O2/c20-14-5-3-7-21-18(14)24-8-10-25(11-9-24)19(27)16-12-15(22-23-16)13-4-1-2-6-17(13)26/h1-7,15-16,22-23,26H,8-12H2. The summed E-state index contributed by atoms with van der Waals surface area (Å²) in [6.07, 6.45) is 2.33. The number of anilines is 1. The number of aromatic hydroxyl groups is 1. The molecule has 0 bridgehead atoms. The maximum atomic E-state index is 12.9. The predicted molar refractivity (Wildman–Crippen MR) is 104 cm³/mol. The van der Waals surface area contributed by atoms with Crippen molar-refractivity contribution in [3.63, 3.8) is 0 Å². The van der Waals surface area contributed by atoms with Gasteiger partial charge in [0.15, 0.2) is 0 Å². The number of amides is 1. The summed E-state index contributed by atoms with van der Waals surface area (Å²) in [5.41, 5.74) is 7.01. The zero-order valence-corrected chi connectivity index (χ0v) is 15.6. The molecule has 0 radical (unpaired) electrons. The van der Waals surface area contributed by atoms with Gasteiger partial charge in [-0.15, -0.1) is 0 Å². The third kappa shape index (κ3) is 3.71. The summed E-state index contributed by atoms with van der Waals surface area (Å²) in [5.74, 6) is 1.09. The molecular weight excluding hydrogens is 366 g/mol. The monoisotopic (exact) mass is 387 g/mol. The van der Waals surface area contributed by atoms with Gasteiger partial charge in [-0.05, 0) is 24.6 Å². The molecule has 3 heterocycles. The van der Waals surface area contributed by atoms with E-state index in [0.29, 0.717) is 37.6 Å². The Morgan fingerprint density at radius 1 is 1.11 bits per heavy atom. The zero-order chi connectivity index (χ0) is 18.8. The second-order valence-electron chi connectivity index (χ2n) is 6.81. The maximum absolute atomic E-state index is 12.9. The molecule has 1 aromatic carbocycles. The molecule has 2 atom stereocenters. The number of halogens is 1. The summed E-state index contributed by atoms with van der Waals surface area (Å²) in [6, 6.07) is 10.4. The smallest absolute Gasteiger partial charge is 0.241 e. The van der Waals surface area contributed by atoms with E-state index in [1.807, 2.05) is 29.2 Å². The van der Waals surface area contributed by atoms with E-state index in [1.165, 1.54) is 0 Å². The van der Waals surface area contributed by atoms with E-state index in [0.717, 1.165) is 11.4 Å². The van der Waals surface area contributed by atoms with Crippen molar-refractivity contribution in [2.75, 3.05) is 31.1 Å². The van der Waals surface area contributed by atoms with Gasteiger partial charge in [-0.3, -0.25) is 4.79 Å².